The van der Waals surface area contributed by atoms with Gasteiger partial charge < -0.3 is 5.32 Å². The van der Waals surface area contributed by atoms with Crippen molar-refractivity contribution in [1.29, 1.82) is 0 Å². The number of aromatic nitrogens is 3. The Morgan fingerprint density at radius 1 is 1.19 bits per heavy atom. The van der Waals surface area contributed by atoms with Gasteiger partial charge in [-0.2, -0.15) is 4.57 Å². The van der Waals surface area contributed by atoms with Crippen LogP contribution < -0.4 is 9.88 Å². The standard InChI is InChI=1S/C23H23F2N5O2/c1-22(2,3)15-11-16(13-5-7-14(8-6-13)18(24)25)27-29-12-17-20(31)28-10-9-26-21(32)23(28,4)30(17)19(15)29/h5-8,11-12,18H,9-10H2,1-4H3/p+1. The quantitative estimate of drug-likeness (QED) is 0.623. The summed E-state index contributed by atoms with van der Waals surface area (Å²) in [5.41, 5.74) is 1.66. The van der Waals surface area contributed by atoms with Gasteiger partial charge in [0, 0.05) is 31.1 Å². The molecule has 0 saturated carbocycles. The Hall–Kier alpha value is -3.36. The Bertz CT molecular complexity index is 1280. The fourth-order valence-electron chi connectivity index (χ4n) is 4.65. The summed E-state index contributed by atoms with van der Waals surface area (Å²) >= 11 is 0. The highest BCUT2D eigenvalue weighted by Crippen LogP contribution is 2.35. The first kappa shape index (κ1) is 20.5. The zero-order valence-corrected chi connectivity index (χ0v) is 18.3. The van der Waals surface area contributed by atoms with E-state index in [2.05, 4.69) is 5.32 Å². The number of benzene rings is 1. The Kier molecular flexibility index (Phi) is 4.22. The third-order valence-electron chi connectivity index (χ3n) is 6.39. The van der Waals surface area contributed by atoms with Crippen molar-refractivity contribution in [2.45, 2.75) is 45.2 Å². The number of nitrogens with zero attached hydrogens (tertiary/aromatic N) is 4. The summed E-state index contributed by atoms with van der Waals surface area (Å²) in [4.78, 5) is 27.8. The second-order valence-electron chi connectivity index (χ2n) is 9.47. The van der Waals surface area contributed by atoms with Crippen LogP contribution in [0.25, 0.3) is 16.9 Å². The number of fused-ring (bicyclic) bond motifs is 5. The summed E-state index contributed by atoms with van der Waals surface area (Å²) in [6, 6.07) is 7.94. The molecule has 1 fully saturated rings. The van der Waals surface area contributed by atoms with Crippen LogP contribution in [0.1, 0.15) is 55.7 Å². The first-order valence-corrected chi connectivity index (χ1v) is 10.5. The van der Waals surface area contributed by atoms with E-state index in [4.69, 9.17) is 5.10 Å². The minimum atomic E-state index is -2.54. The first-order valence-electron chi connectivity index (χ1n) is 10.5. The molecule has 166 valence electrons. The van der Waals surface area contributed by atoms with E-state index in [1.807, 2.05) is 26.8 Å². The van der Waals surface area contributed by atoms with E-state index >= 15 is 0 Å². The smallest absolute Gasteiger partial charge is 0.314 e. The van der Waals surface area contributed by atoms with Crippen LogP contribution in [-0.2, 0) is 15.9 Å². The highest BCUT2D eigenvalue weighted by Gasteiger charge is 2.60. The van der Waals surface area contributed by atoms with Crippen molar-refractivity contribution in [3.63, 3.8) is 0 Å². The molecule has 32 heavy (non-hydrogen) atoms. The van der Waals surface area contributed by atoms with E-state index in [1.54, 1.807) is 39.2 Å². The lowest BCUT2D eigenvalue weighted by Crippen LogP contribution is -2.71. The molecule has 9 heteroatoms. The van der Waals surface area contributed by atoms with E-state index in [-0.39, 0.29) is 22.8 Å². The summed E-state index contributed by atoms with van der Waals surface area (Å²) < 4.78 is 29.4. The molecule has 7 nitrogen and oxygen atoms in total. The van der Waals surface area contributed by atoms with Gasteiger partial charge in [0.1, 0.15) is 5.69 Å². The van der Waals surface area contributed by atoms with E-state index in [0.717, 1.165) is 5.56 Å². The number of hydrogen-bond acceptors (Lipinski definition) is 3. The Balaban J connectivity index is 1.77. The van der Waals surface area contributed by atoms with Crippen LogP contribution in [0.4, 0.5) is 8.78 Å². The number of amides is 2. The summed E-state index contributed by atoms with van der Waals surface area (Å²) in [5, 5.41) is 7.57. The second kappa shape index (κ2) is 6.57. The molecule has 1 N–H and O–H groups in total. The normalized spacial score (nSPS) is 20.7. The molecule has 1 unspecified atom stereocenters. The number of carbonyl (C=O) groups excluding carboxylic acids is 2. The predicted octanol–water partition coefficient (Wildman–Crippen LogP) is 2.78. The Morgan fingerprint density at radius 3 is 2.50 bits per heavy atom. The van der Waals surface area contributed by atoms with Crippen molar-refractivity contribution in [3.8, 4) is 11.3 Å². The average molecular weight is 440 g/mol. The van der Waals surface area contributed by atoms with Crippen LogP contribution >= 0.6 is 0 Å². The van der Waals surface area contributed by atoms with E-state index in [0.29, 0.717) is 35.7 Å². The molecule has 0 bridgehead atoms. The van der Waals surface area contributed by atoms with Crippen LogP contribution in [-0.4, -0.2) is 39.4 Å². The fourth-order valence-corrected chi connectivity index (χ4v) is 4.65. The third kappa shape index (κ3) is 2.69. The lowest BCUT2D eigenvalue weighted by Gasteiger charge is -2.35. The lowest BCUT2D eigenvalue weighted by atomic mass is 9.87. The fraction of sp³-hybridized carbons (Fsp3) is 0.391. The lowest BCUT2D eigenvalue weighted by molar-refractivity contribution is -0.732. The van der Waals surface area contributed by atoms with Gasteiger partial charge in [-0.1, -0.05) is 54.7 Å². The molecule has 2 aliphatic rings. The van der Waals surface area contributed by atoms with Crippen LogP contribution in [0.5, 0.6) is 0 Å². The molecule has 0 radical (unpaired) electrons. The van der Waals surface area contributed by atoms with Crippen LogP contribution in [0.15, 0.2) is 36.5 Å². The van der Waals surface area contributed by atoms with Gasteiger partial charge in [0.15, 0.2) is 6.20 Å². The number of halogens is 2. The molecule has 3 aromatic rings. The van der Waals surface area contributed by atoms with Crippen LogP contribution in [0.3, 0.4) is 0 Å². The van der Waals surface area contributed by atoms with Gasteiger partial charge in [0.25, 0.3) is 18.0 Å². The number of imidazole rings is 1. The van der Waals surface area contributed by atoms with Crippen molar-refractivity contribution in [2.75, 3.05) is 13.1 Å². The molecule has 1 aromatic carbocycles. The van der Waals surface area contributed by atoms with Gasteiger partial charge in [-0.15, -0.1) is 0 Å². The molecular weight excluding hydrogens is 416 g/mol. The van der Waals surface area contributed by atoms with Crippen molar-refractivity contribution in [3.05, 3.63) is 53.3 Å². The van der Waals surface area contributed by atoms with Crippen molar-refractivity contribution < 1.29 is 22.9 Å². The minimum Gasteiger partial charge on any atom is -0.349 e. The third-order valence-corrected chi connectivity index (χ3v) is 6.39. The molecule has 2 aromatic heterocycles. The second-order valence-corrected chi connectivity index (χ2v) is 9.47. The van der Waals surface area contributed by atoms with Gasteiger partial charge in [-0.25, -0.2) is 8.78 Å². The zero-order valence-electron chi connectivity index (χ0n) is 18.3. The molecule has 1 saturated heterocycles. The molecule has 1 atom stereocenters. The van der Waals surface area contributed by atoms with Gasteiger partial charge in [-0.05, 0) is 11.5 Å². The maximum Gasteiger partial charge on any atom is 0.314 e. The van der Waals surface area contributed by atoms with Gasteiger partial charge in [0.05, 0.1) is 5.56 Å². The minimum absolute atomic E-state index is 0.0525. The topological polar surface area (TPSA) is 70.6 Å². The summed E-state index contributed by atoms with van der Waals surface area (Å²) in [7, 11) is 0. The van der Waals surface area contributed by atoms with Crippen molar-refractivity contribution in [1.82, 2.24) is 19.8 Å². The van der Waals surface area contributed by atoms with E-state index in [1.165, 1.54) is 12.1 Å². The van der Waals surface area contributed by atoms with Crippen molar-refractivity contribution >= 4 is 17.5 Å². The molecule has 0 spiro atoms. The molecule has 2 aliphatic heterocycles. The number of piperazine rings is 1. The number of carbonyl (C=O) groups is 2. The first-order chi connectivity index (χ1) is 15.0. The SMILES string of the molecule is CC(C)(C)c1cc(-c2ccc(C(F)F)cc2)nn2cc3[n+](c12)C1(C)C(=O)NCCN1C3=O. The largest absolute Gasteiger partial charge is 0.349 e. The maximum atomic E-state index is 13.2. The van der Waals surface area contributed by atoms with E-state index < -0.39 is 12.1 Å². The van der Waals surface area contributed by atoms with Crippen LogP contribution in [0, 0.1) is 0 Å². The van der Waals surface area contributed by atoms with E-state index in [9.17, 15) is 18.4 Å². The molecular formula is C23H24F2N5O2+. The van der Waals surface area contributed by atoms with Gasteiger partial charge >= 0.3 is 11.6 Å². The zero-order chi connectivity index (χ0) is 23.0. The Labute approximate surface area is 183 Å². The number of alkyl halides is 2. The molecule has 0 aliphatic carbocycles. The summed E-state index contributed by atoms with van der Waals surface area (Å²) in [6.45, 7) is 8.73. The van der Waals surface area contributed by atoms with Crippen LogP contribution in [0.2, 0.25) is 0 Å². The van der Waals surface area contributed by atoms with Gasteiger partial charge in [0.2, 0.25) is 5.69 Å². The molecule has 5 rings (SSSR count). The Morgan fingerprint density at radius 2 is 1.88 bits per heavy atom. The predicted molar refractivity (Wildman–Crippen MR) is 112 cm³/mol. The number of nitrogens with one attached hydrogen (secondary N) is 1. The van der Waals surface area contributed by atoms with Crippen molar-refractivity contribution in [2.24, 2.45) is 0 Å². The summed E-state index contributed by atoms with van der Waals surface area (Å²) in [6.07, 6.45) is -0.884. The average Bonchev–Trinajstić information content (AvgIpc) is 3.22. The maximum absolute atomic E-state index is 13.2. The number of rotatable bonds is 2. The summed E-state index contributed by atoms with van der Waals surface area (Å²) in [5.74, 6) is -0.448. The van der Waals surface area contributed by atoms with Gasteiger partial charge in [-0.3, -0.25) is 14.5 Å². The monoisotopic (exact) mass is 440 g/mol. The molecule has 2 amide bonds. The number of hydrogen-bond donors (Lipinski definition) is 1. The highest BCUT2D eigenvalue weighted by atomic mass is 19.3. The highest BCUT2D eigenvalue weighted by molar-refractivity contribution is 5.99. The molecule has 4 heterocycles.